The Balaban J connectivity index is 1.32. The minimum atomic E-state index is -1.55. The van der Waals surface area contributed by atoms with Crippen molar-refractivity contribution in [2.75, 3.05) is 19.0 Å². The summed E-state index contributed by atoms with van der Waals surface area (Å²) in [5.74, 6) is -2.27. The first-order valence-electron chi connectivity index (χ1n) is 18.8. The summed E-state index contributed by atoms with van der Waals surface area (Å²) in [7, 11) is 1.56. The maximum atomic E-state index is 14.4. The zero-order valence-electron chi connectivity index (χ0n) is 32.5. The summed E-state index contributed by atoms with van der Waals surface area (Å²) in [6, 6.07) is 2.89. The van der Waals surface area contributed by atoms with E-state index in [9.17, 15) is 29.1 Å². The average Bonchev–Trinajstić information content (AvgIpc) is 3.57. The van der Waals surface area contributed by atoms with Crippen molar-refractivity contribution in [2.24, 2.45) is 5.92 Å². The van der Waals surface area contributed by atoms with Crippen molar-refractivity contribution in [2.45, 2.75) is 95.5 Å². The molecule has 3 aliphatic rings. The third kappa shape index (κ3) is 8.80. The first-order chi connectivity index (χ1) is 27.1. The predicted molar refractivity (Wildman–Crippen MR) is 214 cm³/mol. The molecular weight excluding hydrogens is 753 g/mol. The number of hydrogen-bond donors (Lipinski definition) is 4. The van der Waals surface area contributed by atoms with Crippen LogP contribution in [-0.2, 0) is 23.9 Å². The quantitative estimate of drug-likeness (QED) is 0.138. The van der Waals surface area contributed by atoms with Gasteiger partial charge in [-0.3, -0.25) is 14.4 Å². The second kappa shape index (κ2) is 16.8. The van der Waals surface area contributed by atoms with E-state index in [-0.39, 0.29) is 37.8 Å². The van der Waals surface area contributed by atoms with Crippen LogP contribution >= 0.6 is 11.3 Å². The van der Waals surface area contributed by atoms with Gasteiger partial charge < -0.3 is 40.2 Å². The van der Waals surface area contributed by atoms with Crippen LogP contribution in [0.25, 0.3) is 22.3 Å². The van der Waals surface area contributed by atoms with Crippen LogP contribution in [0.5, 0.6) is 11.5 Å². The van der Waals surface area contributed by atoms with Gasteiger partial charge in [0.05, 0.1) is 24.9 Å². The molecule has 0 unspecified atom stereocenters. The summed E-state index contributed by atoms with van der Waals surface area (Å²) in [5.41, 5.74) is 1.67. The van der Waals surface area contributed by atoms with Gasteiger partial charge in [0.15, 0.2) is 5.13 Å². The number of carboxylic acids is 1. The highest BCUT2D eigenvalue weighted by Crippen LogP contribution is 2.45. The Morgan fingerprint density at radius 3 is 2.46 bits per heavy atom. The van der Waals surface area contributed by atoms with Gasteiger partial charge in [-0.2, -0.15) is 0 Å². The number of nitrogens with zero attached hydrogens (tertiary/aromatic N) is 3. The molecule has 3 heterocycles. The topological polar surface area (TPSA) is 198 Å². The van der Waals surface area contributed by atoms with Gasteiger partial charge in [-0.1, -0.05) is 24.8 Å². The van der Waals surface area contributed by atoms with Crippen molar-refractivity contribution in [3.63, 3.8) is 0 Å². The number of hydrogen-bond acceptors (Lipinski definition) is 11. The van der Waals surface area contributed by atoms with Gasteiger partial charge in [0, 0.05) is 41.2 Å². The van der Waals surface area contributed by atoms with E-state index in [1.165, 1.54) is 22.3 Å². The summed E-state index contributed by atoms with van der Waals surface area (Å²) >= 11 is 1.23. The van der Waals surface area contributed by atoms with Crippen LogP contribution in [0.4, 0.5) is 9.93 Å². The number of carbonyl (C=O) groups is 5. The Morgan fingerprint density at radius 1 is 1.09 bits per heavy atom. The molecule has 0 bridgehead atoms. The number of rotatable bonds is 15. The number of thiazole rings is 1. The standard InChI is InChI=1S/C41H48N6O9S/c1-8-24-18-41(24,38(51)52)46-36(49)30-16-26(19-47(30)37(50)34(22(4)5)45-40(53)56-25-11-9-10-12-25)55-32-17-28(42-35-23(6)31(54-7)14-13-27(32)35)29-20-57-39(43-29)44-33(48)15-21(2)3/h8,13-14,17,20,24-26,30,34H,1-2,4,9-12,15-16,18-19H2,3,5-7H3,(H,45,53)(H,46,49)(H,51,52)(H,43,44,48)/t24-,26-,30+,34+,41-/m1/s1. The number of carboxylic acid groups (broad SMARTS) is 1. The monoisotopic (exact) mass is 800 g/mol. The molecule has 5 atom stereocenters. The van der Waals surface area contributed by atoms with E-state index in [0.717, 1.165) is 31.2 Å². The number of nitrogens with one attached hydrogen (secondary N) is 3. The highest BCUT2D eigenvalue weighted by atomic mass is 32.1. The van der Waals surface area contributed by atoms with Crippen molar-refractivity contribution in [1.29, 1.82) is 0 Å². The van der Waals surface area contributed by atoms with Crippen LogP contribution in [0.15, 0.2) is 60.5 Å². The molecule has 0 radical (unpaired) electrons. The Kier molecular flexibility index (Phi) is 12.0. The number of ether oxygens (including phenoxy) is 3. The second-order valence-corrected chi connectivity index (χ2v) is 15.9. The minimum absolute atomic E-state index is 0.00858. The summed E-state index contributed by atoms with van der Waals surface area (Å²) in [6.07, 6.45) is 3.34. The highest BCUT2D eigenvalue weighted by molar-refractivity contribution is 7.14. The van der Waals surface area contributed by atoms with Crippen LogP contribution in [0.3, 0.4) is 0 Å². The number of amides is 4. The molecule has 3 fully saturated rings. The lowest BCUT2D eigenvalue weighted by molar-refractivity contribution is -0.145. The van der Waals surface area contributed by atoms with E-state index < -0.39 is 53.5 Å². The Hall–Kier alpha value is -5.77. The number of carbonyl (C=O) groups excluding carboxylic acids is 4. The lowest BCUT2D eigenvalue weighted by Gasteiger charge is -2.29. The zero-order valence-corrected chi connectivity index (χ0v) is 33.3. The van der Waals surface area contributed by atoms with E-state index in [1.54, 1.807) is 44.5 Å². The Bertz CT molecular complexity index is 2150. The van der Waals surface area contributed by atoms with Crippen LogP contribution in [0.2, 0.25) is 0 Å². The number of aryl methyl sites for hydroxylation is 1. The van der Waals surface area contributed by atoms with Crippen molar-refractivity contribution in [3.8, 4) is 22.9 Å². The van der Waals surface area contributed by atoms with Crippen molar-refractivity contribution in [3.05, 3.63) is 66.1 Å². The van der Waals surface area contributed by atoms with Crippen molar-refractivity contribution in [1.82, 2.24) is 25.5 Å². The average molecular weight is 801 g/mol. The molecule has 16 heteroatoms. The fourth-order valence-electron chi connectivity index (χ4n) is 7.46. The van der Waals surface area contributed by atoms with E-state index >= 15 is 0 Å². The number of methoxy groups -OCH3 is 1. The van der Waals surface area contributed by atoms with Crippen molar-refractivity contribution >= 4 is 57.2 Å². The molecule has 4 N–H and O–H groups in total. The fourth-order valence-corrected chi connectivity index (χ4v) is 8.18. The van der Waals surface area contributed by atoms with Crippen LogP contribution in [0.1, 0.15) is 64.4 Å². The van der Waals surface area contributed by atoms with Gasteiger partial charge in [0.2, 0.25) is 17.7 Å². The maximum absolute atomic E-state index is 14.4. The summed E-state index contributed by atoms with van der Waals surface area (Å²) in [4.78, 5) is 77.0. The van der Waals surface area contributed by atoms with E-state index in [1.807, 2.05) is 6.92 Å². The molecule has 1 saturated heterocycles. The van der Waals surface area contributed by atoms with Gasteiger partial charge in [-0.15, -0.1) is 17.9 Å². The van der Waals surface area contributed by atoms with Gasteiger partial charge in [0.25, 0.3) is 0 Å². The Labute approximate surface area is 334 Å². The second-order valence-electron chi connectivity index (χ2n) is 15.0. The maximum Gasteiger partial charge on any atom is 0.408 e. The summed E-state index contributed by atoms with van der Waals surface area (Å²) < 4.78 is 17.8. The summed E-state index contributed by atoms with van der Waals surface area (Å²) in [5, 5.41) is 20.9. The van der Waals surface area contributed by atoms with Gasteiger partial charge >= 0.3 is 12.1 Å². The first-order valence-corrected chi connectivity index (χ1v) is 19.7. The minimum Gasteiger partial charge on any atom is -0.496 e. The zero-order chi connectivity index (χ0) is 41.2. The number of pyridine rings is 1. The molecule has 0 spiro atoms. The largest absolute Gasteiger partial charge is 0.496 e. The van der Waals surface area contributed by atoms with Gasteiger partial charge in [-0.05, 0) is 70.6 Å². The third-order valence-corrected chi connectivity index (χ3v) is 11.3. The molecule has 2 aromatic heterocycles. The molecule has 1 aliphatic heterocycles. The SMILES string of the molecule is C=C[C@@H]1C[C@]1(NC(=O)[C@@H]1C[C@@H](Oc2cc(-c3csc(NC(=O)CC(=C)C)n3)nc3c(C)c(OC)ccc23)CN1C(=O)[C@@H](NC(=O)OC1CCCC1)C(=C)C)C(=O)O. The van der Waals surface area contributed by atoms with Crippen LogP contribution in [0, 0.1) is 12.8 Å². The molecule has 302 valence electrons. The number of benzene rings is 1. The number of alkyl carbamates (subject to hydrolysis) is 1. The highest BCUT2D eigenvalue weighted by Gasteiger charge is 2.61. The molecule has 4 amide bonds. The van der Waals surface area contributed by atoms with E-state index in [2.05, 4.69) is 40.7 Å². The smallest absolute Gasteiger partial charge is 0.408 e. The lowest BCUT2D eigenvalue weighted by Crippen LogP contribution is -2.56. The number of aliphatic carboxylic acids is 1. The lowest BCUT2D eigenvalue weighted by atomic mass is 10.1. The first kappa shape index (κ1) is 40.9. The fraction of sp³-hybridized carbons (Fsp3) is 0.439. The molecule has 57 heavy (non-hydrogen) atoms. The molecule has 6 rings (SSSR count). The van der Waals surface area contributed by atoms with Crippen LogP contribution < -0.4 is 25.4 Å². The normalized spacial score (nSPS) is 22.0. The molecule has 2 aliphatic carbocycles. The van der Waals surface area contributed by atoms with E-state index in [4.69, 9.17) is 19.2 Å². The predicted octanol–water partition coefficient (Wildman–Crippen LogP) is 5.69. The number of likely N-dealkylation sites (tertiary alicyclic amines) is 1. The molecule has 2 saturated carbocycles. The molecular formula is C41H48N6O9S. The Morgan fingerprint density at radius 2 is 1.82 bits per heavy atom. The van der Waals surface area contributed by atoms with Crippen LogP contribution in [-0.4, -0.2) is 93.2 Å². The molecule has 3 aromatic rings. The van der Waals surface area contributed by atoms with Gasteiger partial charge in [-0.25, -0.2) is 19.6 Å². The van der Waals surface area contributed by atoms with E-state index in [0.29, 0.717) is 50.1 Å². The molecule has 15 nitrogen and oxygen atoms in total. The third-order valence-electron chi connectivity index (χ3n) is 10.6. The number of aromatic nitrogens is 2. The van der Waals surface area contributed by atoms with Crippen molar-refractivity contribution < 1.29 is 43.3 Å². The number of anilines is 1. The molecule has 1 aromatic carbocycles. The summed E-state index contributed by atoms with van der Waals surface area (Å²) in [6.45, 7) is 16.6. The van der Waals surface area contributed by atoms with Gasteiger partial charge in [0.1, 0.15) is 47.0 Å². The number of fused-ring (bicyclic) bond motifs is 1.